The lowest BCUT2D eigenvalue weighted by atomic mass is 9.86. The molecule has 0 saturated carbocycles. The Kier molecular flexibility index (Phi) is 5.70. The third-order valence-electron chi connectivity index (χ3n) is 3.79. The summed E-state index contributed by atoms with van der Waals surface area (Å²) in [5.74, 6) is -1.72. The number of aliphatic carboxylic acids is 1. The standard InChI is InChI=1S/C16H20N2O5/c19-13(11-17-15(22)12-4-2-1-3-5-12)18-16(10-14(20)21)6-8-23-9-7-16/h1-5H,6-11H2,(H,17,22)(H,18,19)(H,20,21). The summed E-state index contributed by atoms with van der Waals surface area (Å²) in [7, 11) is 0. The number of ether oxygens (including phenoxy) is 1. The number of hydrogen-bond acceptors (Lipinski definition) is 4. The van der Waals surface area contributed by atoms with E-state index in [9.17, 15) is 14.4 Å². The van der Waals surface area contributed by atoms with Gasteiger partial charge < -0.3 is 20.5 Å². The Hall–Kier alpha value is -2.41. The lowest BCUT2D eigenvalue weighted by Crippen LogP contribution is -2.55. The molecule has 124 valence electrons. The molecule has 1 saturated heterocycles. The number of carboxylic acids is 1. The Bertz CT molecular complexity index is 567. The summed E-state index contributed by atoms with van der Waals surface area (Å²) in [5.41, 5.74) is -0.342. The molecule has 7 nitrogen and oxygen atoms in total. The normalized spacial score (nSPS) is 16.3. The van der Waals surface area contributed by atoms with E-state index in [1.165, 1.54) is 0 Å². The summed E-state index contributed by atoms with van der Waals surface area (Å²) in [4.78, 5) is 35.0. The largest absolute Gasteiger partial charge is 0.481 e. The van der Waals surface area contributed by atoms with Gasteiger partial charge in [0.25, 0.3) is 5.91 Å². The Morgan fingerprint density at radius 1 is 1.13 bits per heavy atom. The van der Waals surface area contributed by atoms with E-state index in [2.05, 4.69) is 10.6 Å². The molecule has 1 aliphatic rings. The zero-order chi connectivity index (χ0) is 16.7. The van der Waals surface area contributed by atoms with Gasteiger partial charge >= 0.3 is 5.97 Å². The van der Waals surface area contributed by atoms with Crippen molar-refractivity contribution in [2.24, 2.45) is 0 Å². The van der Waals surface area contributed by atoms with Crippen molar-refractivity contribution < 1.29 is 24.2 Å². The second-order valence-electron chi connectivity index (χ2n) is 5.56. The van der Waals surface area contributed by atoms with Crippen molar-refractivity contribution in [2.45, 2.75) is 24.8 Å². The fraction of sp³-hybridized carbons (Fsp3) is 0.438. The van der Waals surface area contributed by atoms with E-state index in [0.29, 0.717) is 31.6 Å². The summed E-state index contributed by atoms with van der Waals surface area (Å²) >= 11 is 0. The molecule has 2 rings (SSSR count). The Morgan fingerprint density at radius 2 is 1.78 bits per heavy atom. The lowest BCUT2D eigenvalue weighted by Gasteiger charge is -2.36. The highest BCUT2D eigenvalue weighted by Crippen LogP contribution is 2.24. The maximum atomic E-state index is 12.1. The van der Waals surface area contributed by atoms with Crippen LogP contribution in [0.3, 0.4) is 0 Å². The number of rotatable bonds is 6. The van der Waals surface area contributed by atoms with Gasteiger partial charge in [-0.2, -0.15) is 0 Å². The zero-order valence-electron chi connectivity index (χ0n) is 12.7. The van der Waals surface area contributed by atoms with Crippen molar-refractivity contribution in [1.29, 1.82) is 0 Å². The molecule has 0 spiro atoms. The molecular weight excluding hydrogens is 300 g/mol. The van der Waals surface area contributed by atoms with Crippen molar-refractivity contribution in [3.05, 3.63) is 35.9 Å². The van der Waals surface area contributed by atoms with E-state index in [1.54, 1.807) is 30.3 Å². The predicted molar refractivity (Wildman–Crippen MR) is 82.0 cm³/mol. The number of carbonyl (C=O) groups is 3. The number of carbonyl (C=O) groups excluding carboxylic acids is 2. The maximum Gasteiger partial charge on any atom is 0.305 e. The first-order valence-corrected chi connectivity index (χ1v) is 7.45. The minimum atomic E-state index is -0.972. The quantitative estimate of drug-likeness (QED) is 0.710. The Morgan fingerprint density at radius 3 is 2.39 bits per heavy atom. The van der Waals surface area contributed by atoms with Crippen molar-refractivity contribution in [2.75, 3.05) is 19.8 Å². The first-order chi connectivity index (χ1) is 11.0. The first kappa shape index (κ1) is 17.0. The molecule has 0 atom stereocenters. The highest BCUT2D eigenvalue weighted by Gasteiger charge is 2.36. The van der Waals surface area contributed by atoms with Crippen LogP contribution in [-0.4, -0.2) is 48.2 Å². The van der Waals surface area contributed by atoms with Crippen molar-refractivity contribution in [1.82, 2.24) is 10.6 Å². The van der Waals surface area contributed by atoms with Crippen LogP contribution in [0.1, 0.15) is 29.6 Å². The molecule has 1 fully saturated rings. The molecule has 2 amide bonds. The maximum absolute atomic E-state index is 12.1. The van der Waals surface area contributed by atoms with Gasteiger partial charge in [0.1, 0.15) is 0 Å². The molecule has 1 heterocycles. The van der Waals surface area contributed by atoms with Crippen LogP contribution in [0.25, 0.3) is 0 Å². The molecule has 1 aliphatic heterocycles. The van der Waals surface area contributed by atoms with Crippen LogP contribution < -0.4 is 10.6 Å². The average molecular weight is 320 g/mol. The molecule has 23 heavy (non-hydrogen) atoms. The van der Waals surface area contributed by atoms with Crippen LogP contribution in [0.4, 0.5) is 0 Å². The number of carboxylic acid groups (broad SMARTS) is 1. The smallest absolute Gasteiger partial charge is 0.305 e. The van der Waals surface area contributed by atoms with Gasteiger partial charge in [-0.15, -0.1) is 0 Å². The molecular formula is C16H20N2O5. The molecule has 0 aliphatic carbocycles. The van der Waals surface area contributed by atoms with Crippen LogP contribution in [0.2, 0.25) is 0 Å². The van der Waals surface area contributed by atoms with Crippen LogP contribution in [0.5, 0.6) is 0 Å². The Labute approximate surface area is 134 Å². The summed E-state index contributed by atoms with van der Waals surface area (Å²) in [6, 6.07) is 8.57. The molecule has 7 heteroatoms. The van der Waals surface area contributed by atoms with E-state index in [-0.39, 0.29) is 18.9 Å². The number of amides is 2. The van der Waals surface area contributed by atoms with Crippen LogP contribution in [0.15, 0.2) is 30.3 Å². The first-order valence-electron chi connectivity index (χ1n) is 7.45. The third-order valence-corrected chi connectivity index (χ3v) is 3.79. The molecule has 0 radical (unpaired) electrons. The van der Waals surface area contributed by atoms with E-state index in [1.807, 2.05) is 0 Å². The van der Waals surface area contributed by atoms with Crippen molar-refractivity contribution >= 4 is 17.8 Å². The molecule has 3 N–H and O–H groups in total. The number of hydrogen-bond donors (Lipinski definition) is 3. The van der Waals surface area contributed by atoms with Gasteiger partial charge in [0, 0.05) is 18.8 Å². The van der Waals surface area contributed by atoms with E-state index in [4.69, 9.17) is 9.84 Å². The summed E-state index contributed by atoms with van der Waals surface area (Å²) in [5, 5.41) is 14.3. The SMILES string of the molecule is O=C(O)CC1(NC(=O)CNC(=O)c2ccccc2)CCOCC1. The lowest BCUT2D eigenvalue weighted by molar-refractivity contribution is -0.140. The second kappa shape index (κ2) is 7.73. The summed E-state index contributed by atoms with van der Waals surface area (Å²) in [6.45, 7) is 0.615. The van der Waals surface area contributed by atoms with Gasteiger partial charge in [-0.3, -0.25) is 14.4 Å². The fourth-order valence-corrected chi connectivity index (χ4v) is 2.59. The summed E-state index contributed by atoms with van der Waals surface area (Å²) < 4.78 is 5.23. The number of benzene rings is 1. The van der Waals surface area contributed by atoms with E-state index < -0.39 is 17.4 Å². The minimum absolute atomic E-state index is 0.158. The highest BCUT2D eigenvalue weighted by molar-refractivity contribution is 5.96. The topological polar surface area (TPSA) is 105 Å². The van der Waals surface area contributed by atoms with Gasteiger partial charge in [-0.1, -0.05) is 18.2 Å². The van der Waals surface area contributed by atoms with Crippen molar-refractivity contribution in [3.63, 3.8) is 0 Å². The van der Waals surface area contributed by atoms with Gasteiger partial charge in [-0.05, 0) is 25.0 Å². The highest BCUT2D eigenvalue weighted by atomic mass is 16.5. The molecule has 0 bridgehead atoms. The monoisotopic (exact) mass is 320 g/mol. The van der Waals surface area contributed by atoms with Crippen LogP contribution in [-0.2, 0) is 14.3 Å². The van der Waals surface area contributed by atoms with Gasteiger partial charge in [0.15, 0.2) is 0 Å². The van der Waals surface area contributed by atoms with Crippen molar-refractivity contribution in [3.8, 4) is 0 Å². The second-order valence-corrected chi connectivity index (χ2v) is 5.56. The van der Waals surface area contributed by atoms with E-state index in [0.717, 1.165) is 0 Å². The summed E-state index contributed by atoms with van der Waals surface area (Å²) in [6.07, 6.45) is 0.726. The predicted octanol–water partition coefficient (Wildman–Crippen LogP) is 0.556. The third kappa shape index (κ3) is 5.07. The molecule has 1 aromatic rings. The molecule has 0 unspecified atom stereocenters. The molecule has 1 aromatic carbocycles. The van der Waals surface area contributed by atoms with E-state index >= 15 is 0 Å². The van der Waals surface area contributed by atoms with Crippen LogP contribution >= 0.6 is 0 Å². The molecule has 0 aromatic heterocycles. The van der Waals surface area contributed by atoms with Gasteiger partial charge in [-0.25, -0.2) is 0 Å². The minimum Gasteiger partial charge on any atom is -0.481 e. The zero-order valence-corrected chi connectivity index (χ0v) is 12.7. The van der Waals surface area contributed by atoms with Gasteiger partial charge in [0.2, 0.25) is 5.91 Å². The van der Waals surface area contributed by atoms with Gasteiger partial charge in [0.05, 0.1) is 18.5 Å². The fourth-order valence-electron chi connectivity index (χ4n) is 2.59. The number of nitrogens with one attached hydrogen (secondary N) is 2. The Balaban J connectivity index is 1.89. The average Bonchev–Trinajstić information content (AvgIpc) is 2.53. The van der Waals surface area contributed by atoms with Crippen LogP contribution in [0, 0.1) is 0 Å².